The Balaban J connectivity index is 1.64. The molecule has 0 amide bonds. The number of nitrogens with one attached hydrogen (secondary N) is 2. The summed E-state index contributed by atoms with van der Waals surface area (Å²) in [5.41, 5.74) is 1.86. The molecule has 3 aromatic rings. The molecule has 0 aliphatic heterocycles. The first-order valence-electron chi connectivity index (χ1n) is 7.51. The van der Waals surface area contributed by atoms with Crippen LogP contribution in [0.2, 0.25) is 0 Å². The minimum Gasteiger partial charge on any atom is -0.478 e. The number of anilines is 3. The number of hydrogen-bond acceptors (Lipinski definition) is 5. The topological polar surface area (TPSA) is 87.1 Å². The Kier molecular flexibility index (Phi) is 4.84. The molecule has 0 bridgehead atoms. The van der Waals surface area contributed by atoms with Gasteiger partial charge in [0.05, 0.1) is 5.56 Å². The maximum absolute atomic E-state index is 12.9. The largest absolute Gasteiger partial charge is 0.478 e. The number of benzene rings is 2. The van der Waals surface area contributed by atoms with Crippen LogP contribution in [-0.4, -0.2) is 21.0 Å². The molecule has 0 fully saturated rings. The van der Waals surface area contributed by atoms with Crippen LogP contribution >= 0.6 is 0 Å². The van der Waals surface area contributed by atoms with Crippen molar-refractivity contribution in [1.29, 1.82) is 0 Å². The molecular formula is C18H15FN4O2. The SMILES string of the molecule is O=C(O)c1ccc(Nc2cc(NCc3ccc(F)cc3)ncn2)cc1. The molecule has 0 saturated heterocycles. The Morgan fingerprint density at radius 2 is 1.68 bits per heavy atom. The smallest absolute Gasteiger partial charge is 0.335 e. The minimum atomic E-state index is -0.971. The highest BCUT2D eigenvalue weighted by molar-refractivity contribution is 5.88. The van der Waals surface area contributed by atoms with Crippen LogP contribution < -0.4 is 10.6 Å². The number of hydrogen-bond donors (Lipinski definition) is 3. The van der Waals surface area contributed by atoms with Gasteiger partial charge in [0, 0.05) is 18.3 Å². The second kappa shape index (κ2) is 7.39. The third-order valence-corrected chi connectivity index (χ3v) is 3.46. The summed E-state index contributed by atoms with van der Waals surface area (Å²) in [4.78, 5) is 19.1. The molecule has 1 heterocycles. The van der Waals surface area contributed by atoms with Crippen molar-refractivity contribution in [3.05, 3.63) is 77.9 Å². The molecule has 0 saturated carbocycles. The number of nitrogens with zero attached hydrogens (tertiary/aromatic N) is 2. The lowest BCUT2D eigenvalue weighted by atomic mass is 10.2. The van der Waals surface area contributed by atoms with Gasteiger partial charge in [0.1, 0.15) is 23.8 Å². The molecule has 0 unspecified atom stereocenters. The van der Waals surface area contributed by atoms with Crippen LogP contribution in [-0.2, 0) is 6.54 Å². The van der Waals surface area contributed by atoms with Gasteiger partial charge in [0.2, 0.25) is 0 Å². The van der Waals surface area contributed by atoms with Gasteiger partial charge < -0.3 is 15.7 Å². The van der Waals surface area contributed by atoms with E-state index in [-0.39, 0.29) is 11.4 Å². The zero-order valence-electron chi connectivity index (χ0n) is 13.1. The number of aromatic carboxylic acids is 1. The predicted octanol–water partition coefficient (Wildman–Crippen LogP) is 3.67. The Hall–Kier alpha value is -3.48. The standard InChI is InChI=1S/C18H15FN4O2/c19-14-5-1-12(2-6-14)10-20-16-9-17(22-11-21-16)23-15-7-3-13(4-8-15)18(24)25/h1-9,11H,10H2,(H,24,25)(H2,20,21,22,23). The summed E-state index contributed by atoms with van der Waals surface area (Å²) >= 11 is 0. The normalized spacial score (nSPS) is 10.3. The Bertz CT molecular complexity index is 867. The zero-order chi connectivity index (χ0) is 17.6. The molecule has 3 N–H and O–H groups in total. The van der Waals surface area contributed by atoms with E-state index < -0.39 is 5.97 Å². The first-order chi connectivity index (χ1) is 12.1. The van der Waals surface area contributed by atoms with E-state index in [1.54, 1.807) is 30.3 Å². The molecule has 25 heavy (non-hydrogen) atoms. The van der Waals surface area contributed by atoms with Crippen LogP contribution in [0.15, 0.2) is 60.9 Å². The van der Waals surface area contributed by atoms with Crippen LogP contribution in [0.1, 0.15) is 15.9 Å². The third-order valence-electron chi connectivity index (χ3n) is 3.46. The highest BCUT2D eigenvalue weighted by Gasteiger charge is 2.03. The summed E-state index contributed by atoms with van der Waals surface area (Å²) in [5, 5.41) is 15.1. The molecule has 0 aliphatic rings. The number of rotatable bonds is 6. The van der Waals surface area contributed by atoms with Crippen LogP contribution in [0.25, 0.3) is 0 Å². The van der Waals surface area contributed by atoms with Gasteiger partial charge in [-0.3, -0.25) is 0 Å². The van der Waals surface area contributed by atoms with Crippen molar-refractivity contribution in [2.75, 3.05) is 10.6 Å². The van der Waals surface area contributed by atoms with Crippen LogP contribution in [0.3, 0.4) is 0 Å². The molecule has 6 nitrogen and oxygen atoms in total. The van der Waals surface area contributed by atoms with Crippen molar-refractivity contribution < 1.29 is 14.3 Å². The highest BCUT2D eigenvalue weighted by atomic mass is 19.1. The fourth-order valence-electron chi connectivity index (χ4n) is 2.16. The summed E-state index contributed by atoms with van der Waals surface area (Å²) in [5.74, 6) is -0.0595. The highest BCUT2D eigenvalue weighted by Crippen LogP contribution is 2.17. The Morgan fingerprint density at radius 1 is 1.00 bits per heavy atom. The summed E-state index contributed by atoms with van der Waals surface area (Å²) in [6, 6.07) is 14.3. The van der Waals surface area contributed by atoms with Crippen LogP contribution in [0.4, 0.5) is 21.7 Å². The fraction of sp³-hybridized carbons (Fsp3) is 0.0556. The molecule has 0 spiro atoms. The molecule has 0 aliphatic carbocycles. The van der Waals surface area contributed by atoms with Crippen molar-refractivity contribution in [2.45, 2.75) is 6.54 Å². The molecular weight excluding hydrogens is 323 g/mol. The van der Waals surface area contributed by atoms with Gasteiger partial charge in [-0.15, -0.1) is 0 Å². The number of halogens is 1. The van der Waals surface area contributed by atoms with Crippen molar-refractivity contribution in [3.8, 4) is 0 Å². The maximum Gasteiger partial charge on any atom is 0.335 e. The quantitative estimate of drug-likeness (QED) is 0.636. The minimum absolute atomic E-state index is 0.217. The van der Waals surface area contributed by atoms with E-state index >= 15 is 0 Å². The zero-order valence-corrected chi connectivity index (χ0v) is 13.1. The van der Waals surface area contributed by atoms with Gasteiger partial charge in [-0.25, -0.2) is 19.2 Å². The first kappa shape index (κ1) is 16.4. The number of carboxylic acids is 1. The molecule has 0 atom stereocenters. The first-order valence-corrected chi connectivity index (χ1v) is 7.51. The van der Waals surface area contributed by atoms with Crippen molar-refractivity contribution in [2.24, 2.45) is 0 Å². The van der Waals surface area contributed by atoms with E-state index in [1.807, 2.05) is 0 Å². The monoisotopic (exact) mass is 338 g/mol. The maximum atomic E-state index is 12.9. The van der Waals surface area contributed by atoms with Gasteiger partial charge in [-0.2, -0.15) is 0 Å². The van der Waals surface area contributed by atoms with Crippen LogP contribution in [0, 0.1) is 5.82 Å². The molecule has 2 aromatic carbocycles. The van der Waals surface area contributed by atoms with Crippen molar-refractivity contribution in [3.63, 3.8) is 0 Å². The van der Waals surface area contributed by atoms with Crippen molar-refractivity contribution in [1.82, 2.24) is 9.97 Å². The number of carbonyl (C=O) groups is 1. The van der Waals surface area contributed by atoms with Gasteiger partial charge >= 0.3 is 5.97 Å². The summed E-state index contributed by atoms with van der Waals surface area (Å²) in [6.07, 6.45) is 1.42. The molecule has 3 rings (SSSR count). The molecule has 0 radical (unpaired) electrons. The second-order valence-electron chi connectivity index (χ2n) is 5.28. The summed E-state index contributed by atoms with van der Waals surface area (Å²) in [7, 11) is 0. The molecule has 7 heteroatoms. The predicted molar refractivity (Wildman–Crippen MR) is 92.4 cm³/mol. The van der Waals surface area contributed by atoms with Gasteiger partial charge in [0.25, 0.3) is 0 Å². The van der Waals surface area contributed by atoms with Gasteiger partial charge in [-0.05, 0) is 42.0 Å². The van der Waals surface area contributed by atoms with Gasteiger partial charge in [-0.1, -0.05) is 12.1 Å². The average Bonchev–Trinajstić information content (AvgIpc) is 2.62. The van der Waals surface area contributed by atoms with E-state index in [1.165, 1.54) is 30.6 Å². The third kappa shape index (κ3) is 4.51. The average molecular weight is 338 g/mol. The van der Waals surface area contributed by atoms with E-state index in [0.29, 0.717) is 23.9 Å². The summed E-state index contributed by atoms with van der Waals surface area (Å²) < 4.78 is 12.9. The number of carboxylic acid groups (broad SMARTS) is 1. The van der Waals surface area contributed by atoms with E-state index in [9.17, 15) is 9.18 Å². The van der Waals surface area contributed by atoms with E-state index in [0.717, 1.165) is 5.56 Å². The summed E-state index contributed by atoms with van der Waals surface area (Å²) in [6.45, 7) is 0.504. The van der Waals surface area contributed by atoms with E-state index in [2.05, 4.69) is 20.6 Å². The van der Waals surface area contributed by atoms with Gasteiger partial charge in [0.15, 0.2) is 0 Å². The molecule has 1 aromatic heterocycles. The van der Waals surface area contributed by atoms with Crippen LogP contribution in [0.5, 0.6) is 0 Å². The van der Waals surface area contributed by atoms with E-state index in [4.69, 9.17) is 5.11 Å². The molecule has 126 valence electrons. The van der Waals surface area contributed by atoms with Crippen molar-refractivity contribution >= 4 is 23.3 Å². The lowest BCUT2D eigenvalue weighted by Crippen LogP contribution is -2.03. The lowest BCUT2D eigenvalue weighted by molar-refractivity contribution is 0.0697. The number of aromatic nitrogens is 2. The second-order valence-corrected chi connectivity index (χ2v) is 5.28. The fourth-order valence-corrected chi connectivity index (χ4v) is 2.16. The Morgan fingerprint density at radius 3 is 2.36 bits per heavy atom. The lowest BCUT2D eigenvalue weighted by Gasteiger charge is -2.09. The Labute approximate surface area is 143 Å².